The Labute approximate surface area is 182 Å². The first-order chi connectivity index (χ1) is 14.4. The minimum absolute atomic E-state index is 0.262. The predicted molar refractivity (Wildman–Crippen MR) is 116 cm³/mol. The Hall–Kier alpha value is -3.17. The number of rotatable bonds is 7. The van der Waals surface area contributed by atoms with Gasteiger partial charge in [-0.25, -0.2) is 4.99 Å². The van der Waals surface area contributed by atoms with Crippen LogP contribution in [0.1, 0.15) is 5.56 Å². The second kappa shape index (κ2) is 9.55. The maximum absolute atomic E-state index is 12.4. The van der Waals surface area contributed by atoms with Crippen molar-refractivity contribution >= 4 is 52.1 Å². The lowest BCUT2D eigenvalue weighted by molar-refractivity contribution is -0.120. The van der Waals surface area contributed by atoms with Crippen LogP contribution >= 0.6 is 23.4 Å². The number of ether oxygens (including phenoxy) is 3. The molecule has 0 bridgehead atoms. The number of nitrogens with one attached hydrogen (secondary N) is 1. The number of amidine groups is 1. The quantitative estimate of drug-likeness (QED) is 0.630. The summed E-state index contributed by atoms with van der Waals surface area (Å²) in [7, 11) is 3.01. The molecule has 0 atom stereocenters. The summed E-state index contributed by atoms with van der Waals surface area (Å²) in [4.78, 5) is 28.1. The summed E-state index contributed by atoms with van der Waals surface area (Å²) in [6.45, 7) is -0.262. The fraction of sp³-hybridized carbons (Fsp3) is 0.150. The summed E-state index contributed by atoms with van der Waals surface area (Å²) in [5, 5.41) is 3.62. The summed E-state index contributed by atoms with van der Waals surface area (Å²) in [6, 6.07) is 10.1. The first-order valence-electron chi connectivity index (χ1n) is 8.62. The number of benzene rings is 2. The summed E-state index contributed by atoms with van der Waals surface area (Å²) in [6.07, 6.45) is 1.69. The van der Waals surface area contributed by atoms with Crippen LogP contribution in [0.2, 0.25) is 5.02 Å². The highest BCUT2D eigenvalue weighted by molar-refractivity contribution is 8.18. The molecule has 0 aliphatic carbocycles. The second-order valence-electron chi connectivity index (χ2n) is 5.96. The Morgan fingerprint density at radius 2 is 1.90 bits per heavy atom. The number of nitrogens with two attached hydrogens (primary N) is 1. The third-order valence-corrected chi connectivity index (χ3v) is 5.01. The maximum atomic E-state index is 12.4. The maximum Gasteiger partial charge on any atom is 0.264 e. The van der Waals surface area contributed by atoms with Gasteiger partial charge in [0.25, 0.3) is 11.8 Å². The lowest BCUT2D eigenvalue weighted by atomic mass is 10.2. The molecule has 0 unspecified atom stereocenters. The molecule has 2 aromatic rings. The number of thioether (sulfide) groups is 1. The summed E-state index contributed by atoms with van der Waals surface area (Å²) < 4.78 is 15.9. The molecule has 1 aliphatic heterocycles. The molecular formula is C20H18ClN3O5S. The van der Waals surface area contributed by atoms with E-state index < -0.39 is 5.91 Å². The standard InChI is InChI=1S/C20H18ClN3O5S/c1-27-14-6-4-12(21)9-13(14)23-20-24-19(26)17(30-20)8-11-3-5-15(16(7-11)28-2)29-10-18(22)25/h3-9H,10H2,1-2H3,(H2,22,25)(H,23,24,26)/b17-8-. The fourth-order valence-electron chi connectivity index (χ4n) is 2.53. The van der Waals surface area contributed by atoms with Gasteiger partial charge < -0.3 is 25.3 Å². The van der Waals surface area contributed by atoms with Crippen LogP contribution in [0.5, 0.6) is 17.2 Å². The number of nitrogens with zero attached hydrogens (tertiary/aromatic N) is 1. The van der Waals surface area contributed by atoms with E-state index >= 15 is 0 Å². The molecule has 156 valence electrons. The van der Waals surface area contributed by atoms with Gasteiger partial charge in [0.15, 0.2) is 23.3 Å². The summed E-state index contributed by atoms with van der Waals surface area (Å²) in [5.41, 5.74) is 6.30. The highest BCUT2D eigenvalue weighted by atomic mass is 35.5. The van der Waals surface area contributed by atoms with Crippen molar-refractivity contribution in [2.75, 3.05) is 20.8 Å². The Morgan fingerprint density at radius 3 is 2.60 bits per heavy atom. The molecule has 1 aliphatic rings. The minimum Gasteiger partial charge on any atom is -0.494 e. The van der Waals surface area contributed by atoms with E-state index in [9.17, 15) is 9.59 Å². The molecular weight excluding hydrogens is 430 g/mol. The van der Waals surface area contributed by atoms with Crippen molar-refractivity contribution in [2.24, 2.45) is 10.7 Å². The molecule has 1 heterocycles. The van der Waals surface area contributed by atoms with E-state index in [-0.39, 0.29) is 12.5 Å². The van der Waals surface area contributed by atoms with Crippen LogP contribution in [-0.2, 0) is 9.59 Å². The summed E-state index contributed by atoms with van der Waals surface area (Å²) in [5.74, 6) is 0.442. The van der Waals surface area contributed by atoms with E-state index in [0.717, 1.165) is 0 Å². The summed E-state index contributed by atoms with van der Waals surface area (Å²) >= 11 is 7.21. The zero-order chi connectivity index (χ0) is 21.7. The van der Waals surface area contributed by atoms with Gasteiger partial charge in [-0.2, -0.15) is 0 Å². The molecule has 0 aromatic heterocycles. The average molecular weight is 448 g/mol. The van der Waals surface area contributed by atoms with Crippen molar-refractivity contribution in [3.8, 4) is 17.2 Å². The molecule has 1 saturated heterocycles. The van der Waals surface area contributed by atoms with E-state index in [0.29, 0.717) is 43.6 Å². The molecule has 8 nitrogen and oxygen atoms in total. The van der Waals surface area contributed by atoms with Gasteiger partial charge in [0.1, 0.15) is 11.4 Å². The number of methoxy groups -OCH3 is 2. The number of hydrogen-bond donors (Lipinski definition) is 2. The number of hydrogen-bond acceptors (Lipinski definition) is 7. The Morgan fingerprint density at radius 1 is 1.17 bits per heavy atom. The molecule has 0 saturated carbocycles. The van der Waals surface area contributed by atoms with Gasteiger partial charge in [-0.15, -0.1) is 0 Å². The topological polar surface area (TPSA) is 112 Å². The Kier molecular flexibility index (Phi) is 6.86. The third kappa shape index (κ3) is 5.25. The van der Waals surface area contributed by atoms with Gasteiger partial charge in [0.2, 0.25) is 0 Å². The number of halogens is 1. The fourth-order valence-corrected chi connectivity index (χ4v) is 3.53. The molecule has 10 heteroatoms. The molecule has 3 N–H and O–H groups in total. The number of carbonyl (C=O) groups is 2. The van der Waals surface area contributed by atoms with Crippen molar-refractivity contribution in [3.05, 3.63) is 51.9 Å². The van der Waals surface area contributed by atoms with E-state index in [1.165, 1.54) is 26.0 Å². The largest absolute Gasteiger partial charge is 0.494 e. The SMILES string of the molecule is COc1ccc(Cl)cc1N=C1NC(=O)/C(=C/c2ccc(OCC(N)=O)c(OC)c2)S1. The highest BCUT2D eigenvalue weighted by Gasteiger charge is 2.24. The first-order valence-corrected chi connectivity index (χ1v) is 9.81. The number of amides is 2. The van der Waals surface area contributed by atoms with Gasteiger partial charge >= 0.3 is 0 Å². The van der Waals surface area contributed by atoms with Gasteiger partial charge in [0.05, 0.1) is 19.1 Å². The van der Waals surface area contributed by atoms with Crippen molar-refractivity contribution < 1.29 is 23.8 Å². The van der Waals surface area contributed by atoms with Crippen LogP contribution in [0.3, 0.4) is 0 Å². The number of carbonyl (C=O) groups excluding carboxylic acids is 2. The normalized spacial score (nSPS) is 15.9. The van der Waals surface area contributed by atoms with Gasteiger partial charge in [0, 0.05) is 5.02 Å². The number of aliphatic imine (C=N–C) groups is 1. The smallest absolute Gasteiger partial charge is 0.264 e. The van der Waals surface area contributed by atoms with E-state index in [4.69, 9.17) is 31.5 Å². The molecule has 30 heavy (non-hydrogen) atoms. The zero-order valence-corrected chi connectivity index (χ0v) is 17.7. The van der Waals surface area contributed by atoms with Gasteiger partial charge in [-0.05, 0) is 53.7 Å². The van der Waals surface area contributed by atoms with Crippen LogP contribution in [0.25, 0.3) is 6.08 Å². The monoisotopic (exact) mass is 447 g/mol. The lowest BCUT2D eigenvalue weighted by Crippen LogP contribution is -2.20. The van der Waals surface area contributed by atoms with Crippen LogP contribution < -0.4 is 25.3 Å². The Bertz CT molecular complexity index is 1050. The molecule has 2 aromatic carbocycles. The zero-order valence-electron chi connectivity index (χ0n) is 16.1. The average Bonchev–Trinajstić information content (AvgIpc) is 3.05. The van der Waals surface area contributed by atoms with Crippen molar-refractivity contribution in [1.29, 1.82) is 0 Å². The van der Waals surface area contributed by atoms with E-state index in [1.807, 2.05) is 0 Å². The van der Waals surface area contributed by atoms with Gasteiger partial charge in [-0.1, -0.05) is 17.7 Å². The molecule has 3 rings (SSSR count). The van der Waals surface area contributed by atoms with Crippen LogP contribution in [0, 0.1) is 0 Å². The highest BCUT2D eigenvalue weighted by Crippen LogP contribution is 2.35. The Balaban J connectivity index is 1.83. The minimum atomic E-state index is -0.592. The molecule has 1 fully saturated rings. The van der Waals surface area contributed by atoms with Crippen molar-refractivity contribution in [1.82, 2.24) is 5.32 Å². The van der Waals surface area contributed by atoms with Crippen LogP contribution in [-0.4, -0.2) is 37.8 Å². The second-order valence-corrected chi connectivity index (χ2v) is 7.43. The predicted octanol–water partition coefficient (Wildman–Crippen LogP) is 3.11. The van der Waals surface area contributed by atoms with Crippen molar-refractivity contribution in [2.45, 2.75) is 0 Å². The number of primary amides is 1. The van der Waals surface area contributed by atoms with Crippen molar-refractivity contribution in [3.63, 3.8) is 0 Å². The van der Waals surface area contributed by atoms with E-state index in [1.54, 1.807) is 42.5 Å². The molecule has 0 spiro atoms. The van der Waals surface area contributed by atoms with E-state index in [2.05, 4.69) is 10.3 Å². The molecule has 2 amide bonds. The van der Waals surface area contributed by atoms with Crippen LogP contribution in [0.4, 0.5) is 5.69 Å². The molecule has 0 radical (unpaired) electrons. The van der Waals surface area contributed by atoms with Crippen LogP contribution in [0.15, 0.2) is 46.3 Å². The lowest BCUT2D eigenvalue weighted by Gasteiger charge is -2.10. The first kappa shape index (κ1) is 21.5. The third-order valence-electron chi connectivity index (χ3n) is 3.87. The van der Waals surface area contributed by atoms with Gasteiger partial charge in [-0.3, -0.25) is 9.59 Å².